The molecule has 0 unspecified atom stereocenters. The van der Waals surface area contributed by atoms with Gasteiger partial charge < -0.3 is 5.73 Å². The van der Waals surface area contributed by atoms with Crippen molar-refractivity contribution in [2.45, 2.75) is 4.90 Å². The molecule has 0 saturated heterocycles. The van der Waals surface area contributed by atoms with Gasteiger partial charge in [0.1, 0.15) is 4.90 Å². The Hall–Kier alpha value is -1.21. The van der Waals surface area contributed by atoms with E-state index < -0.39 is 10.0 Å². The molecule has 2 aromatic rings. The van der Waals surface area contributed by atoms with Crippen molar-refractivity contribution in [3.05, 3.63) is 45.7 Å². The summed E-state index contributed by atoms with van der Waals surface area (Å²) >= 11 is 17.5. The maximum Gasteiger partial charge on any atom is 0.265 e. The highest BCUT2D eigenvalue weighted by atomic mass is 35.5. The summed E-state index contributed by atoms with van der Waals surface area (Å²) in [6.07, 6.45) is 2.71. The molecule has 0 aliphatic carbocycles. The van der Waals surface area contributed by atoms with E-state index in [1.165, 1.54) is 30.6 Å². The topological polar surface area (TPSA) is 85.1 Å². The minimum Gasteiger partial charge on any atom is -0.398 e. The second kappa shape index (κ2) is 5.65. The van der Waals surface area contributed by atoms with Crippen LogP contribution in [0.4, 0.5) is 11.4 Å². The summed E-state index contributed by atoms with van der Waals surface area (Å²) in [5, 5.41) is 0.362. The summed E-state index contributed by atoms with van der Waals surface area (Å²) in [6.45, 7) is 0. The highest BCUT2D eigenvalue weighted by Gasteiger charge is 2.23. The largest absolute Gasteiger partial charge is 0.398 e. The fourth-order valence-corrected chi connectivity index (χ4v) is 3.77. The van der Waals surface area contributed by atoms with Crippen LogP contribution in [0.25, 0.3) is 0 Å². The molecule has 0 saturated carbocycles. The number of nitrogens with two attached hydrogens (primary N) is 1. The number of benzene rings is 1. The number of hydrogen-bond acceptors (Lipinski definition) is 4. The lowest BCUT2D eigenvalue weighted by molar-refractivity contribution is 0.601. The number of aromatic nitrogens is 1. The van der Waals surface area contributed by atoms with Crippen LogP contribution < -0.4 is 10.5 Å². The number of nitrogens with one attached hydrogen (secondary N) is 1. The second-order valence-electron chi connectivity index (χ2n) is 3.77. The van der Waals surface area contributed by atoms with E-state index in [1.54, 1.807) is 0 Å². The highest BCUT2D eigenvalue weighted by molar-refractivity contribution is 7.93. The number of hydrogen-bond donors (Lipinski definition) is 2. The molecule has 106 valence electrons. The van der Waals surface area contributed by atoms with E-state index in [0.29, 0.717) is 0 Å². The Kier molecular flexibility index (Phi) is 4.29. The SMILES string of the molecule is Nc1cc(Cl)cc(Cl)c1S(=O)(=O)Nc1cnccc1Cl. The van der Waals surface area contributed by atoms with Crippen LogP contribution in [0.3, 0.4) is 0 Å². The van der Waals surface area contributed by atoms with Gasteiger partial charge in [0.25, 0.3) is 10.0 Å². The van der Waals surface area contributed by atoms with Gasteiger partial charge in [-0.05, 0) is 18.2 Å². The van der Waals surface area contributed by atoms with Crippen LogP contribution >= 0.6 is 34.8 Å². The molecule has 1 aromatic carbocycles. The summed E-state index contributed by atoms with van der Waals surface area (Å²) in [6, 6.07) is 4.04. The van der Waals surface area contributed by atoms with Crippen LogP contribution in [-0.4, -0.2) is 13.4 Å². The van der Waals surface area contributed by atoms with Crippen molar-refractivity contribution in [2.24, 2.45) is 0 Å². The lowest BCUT2D eigenvalue weighted by atomic mass is 10.3. The molecule has 0 bridgehead atoms. The van der Waals surface area contributed by atoms with Crippen LogP contribution in [0.2, 0.25) is 15.1 Å². The normalized spacial score (nSPS) is 11.3. The van der Waals surface area contributed by atoms with E-state index >= 15 is 0 Å². The van der Waals surface area contributed by atoms with Gasteiger partial charge in [0, 0.05) is 11.2 Å². The quantitative estimate of drug-likeness (QED) is 0.829. The summed E-state index contributed by atoms with van der Waals surface area (Å²) in [5.74, 6) is 0. The van der Waals surface area contributed by atoms with Gasteiger partial charge in [0.15, 0.2) is 0 Å². The van der Waals surface area contributed by atoms with Crippen molar-refractivity contribution in [3.63, 3.8) is 0 Å². The molecule has 20 heavy (non-hydrogen) atoms. The third-order valence-electron chi connectivity index (χ3n) is 2.32. The molecule has 9 heteroatoms. The van der Waals surface area contributed by atoms with Gasteiger partial charge in [-0.1, -0.05) is 34.8 Å². The number of pyridine rings is 1. The van der Waals surface area contributed by atoms with Gasteiger partial charge in [-0.2, -0.15) is 0 Å². The molecular formula is C11H8Cl3N3O2S. The molecule has 3 N–H and O–H groups in total. The Morgan fingerprint density at radius 3 is 2.45 bits per heavy atom. The zero-order valence-corrected chi connectivity index (χ0v) is 12.9. The zero-order chi connectivity index (χ0) is 14.9. The Labute approximate surface area is 130 Å². The minimum atomic E-state index is -4.00. The van der Waals surface area contributed by atoms with Gasteiger partial charge in [0.05, 0.1) is 27.6 Å². The van der Waals surface area contributed by atoms with Crippen LogP contribution in [0.1, 0.15) is 0 Å². The average molecular weight is 353 g/mol. The van der Waals surface area contributed by atoms with Gasteiger partial charge in [-0.15, -0.1) is 0 Å². The Morgan fingerprint density at radius 1 is 1.15 bits per heavy atom. The van der Waals surface area contributed by atoms with Gasteiger partial charge in [-0.3, -0.25) is 9.71 Å². The Balaban J connectivity index is 2.50. The average Bonchev–Trinajstić information content (AvgIpc) is 2.30. The first kappa shape index (κ1) is 15.2. The molecule has 1 heterocycles. The molecular weight excluding hydrogens is 345 g/mol. The van der Waals surface area contributed by atoms with Gasteiger partial charge >= 0.3 is 0 Å². The Morgan fingerprint density at radius 2 is 1.85 bits per heavy atom. The first-order chi connectivity index (χ1) is 9.31. The van der Waals surface area contributed by atoms with Crippen molar-refractivity contribution in [2.75, 3.05) is 10.5 Å². The van der Waals surface area contributed by atoms with Crippen molar-refractivity contribution in [1.82, 2.24) is 4.98 Å². The van der Waals surface area contributed by atoms with E-state index in [9.17, 15) is 8.42 Å². The maximum absolute atomic E-state index is 12.3. The van der Waals surface area contributed by atoms with Crippen LogP contribution in [0.15, 0.2) is 35.5 Å². The number of nitrogens with zero attached hydrogens (tertiary/aromatic N) is 1. The fourth-order valence-electron chi connectivity index (χ4n) is 1.51. The summed E-state index contributed by atoms with van der Waals surface area (Å²) in [5.41, 5.74) is 5.73. The third kappa shape index (κ3) is 3.09. The lowest BCUT2D eigenvalue weighted by Gasteiger charge is -2.12. The van der Waals surface area contributed by atoms with E-state index in [2.05, 4.69) is 9.71 Å². The van der Waals surface area contributed by atoms with Crippen molar-refractivity contribution in [1.29, 1.82) is 0 Å². The molecule has 5 nitrogen and oxygen atoms in total. The van der Waals surface area contributed by atoms with Gasteiger partial charge in [0.2, 0.25) is 0 Å². The zero-order valence-electron chi connectivity index (χ0n) is 9.77. The number of nitrogen functional groups attached to an aromatic ring is 1. The lowest BCUT2D eigenvalue weighted by Crippen LogP contribution is -2.16. The molecule has 0 fully saturated rings. The first-order valence-corrected chi connectivity index (χ1v) is 7.80. The molecule has 0 aliphatic heterocycles. The van der Waals surface area contributed by atoms with E-state index in [1.807, 2.05) is 0 Å². The van der Waals surface area contributed by atoms with Crippen LogP contribution in [0.5, 0.6) is 0 Å². The van der Waals surface area contributed by atoms with Crippen molar-refractivity contribution >= 4 is 56.2 Å². The van der Waals surface area contributed by atoms with Crippen molar-refractivity contribution < 1.29 is 8.42 Å². The number of rotatable bonds is 3. The molecule has 0 atom stereocenters. The van der Waals surface area contributed by atoms with E-state index in [4.69, 9.17) is 40.5 Å². The van der Waals surface area contributed by atoms with E-state index in [0.717, 1.165) is 0 Å². The van der Waals surface area contributed by atoms with Crippen LogP contribution in [-0.2, 0) is 10.0 Å². The number of sulfonamides is 1. The number of halogens is 3. The first-order valence-electron chi connectivity index (χ1n) is 5.18. The van der Waals surface area contributed by atoms with Crippen LogP contribution in [0, 0.1) is 0 Å². The minimum absolute atomic E-state index is 0.0602. The molecule has 0 amide bonds. The molecule has 0 spiro atoms. The second-order valence-corrected chi connectivity index (χ2v) is 6.64. The maximum atomic E-state index is 12.3. The molecule has 2 rings (SSSR count). The summed E-state index contributed by atoms with van der Waals surface area (Å²) in [4.78, 5) is 3.52. The predicted octanol–water partition coefficient (Wildman–Crippen LogP) is 3.42. The summed E-state index contributed by atoms with van der Waals surface area (Å²) < 4.78 is 26.9. The van der Waals surface area contributed by atoms with Gasteiger partial charge in [-0.25, -0.2) is 8.42 Å². The number of anilines is 2. The monoisotopic (exact) mass is 351 g/mol. The molecule has 1 aromatic heterocycles. The molecule has 0 aliphatic rings. The summed E-state index contributed by atoms with van der Waals surface area (Å²) in [7, 11) is -4.00. The standard InChI is InChI=1S/C11H8Cl3N3O2S/c12-6-3-8(14)11(9(15)4-6)20(18,19)17-10-5-16-2-1-7(10)13/h1-5,17H,15H2. The smallest absolute Gasteiger partial charge is 0.265 e. The predicted molar refractivity (Wildman–Crippen MR) is 80.9 cm³/mol. The fraction of sp³-hybridized carbons (Fsp3) is 0. The molecule has 0 radical (unpaired) electrons. The Bertz CT molecular complexity index is 742. The third-order valence-corrected chi connectivity index (χ3v) is 4.76. The van der Waals surface area contributed by atoms with Crippen molar-refractivity contribution in [3.8, 4) is 0 Å². The van der Waals surface area contributed by atoms with E-state index in [-0.39, 0.29) is 31.3 Å². The highest BCUT2D eigenvalue weighted by Crippen LogP contribution is 2.33.